The fraction of sp³-hybridized carbons (Fsp3) is 0.520. The number of hydrogen-bond acceptors (Lipinski definition) is 7. The highest BCUT2D eigenvalue weighted by Crippen LogP contribution is 2.19. The lowest BCUT2D eigenvalue weighted by Gasteiger charge is -2.27. The zero-order valence-corrected chi connectivity index (χ0v) is 22.3. The summed E-state index contributed by atoms with van der Waals surface area (Å²) in [6, 6.07) is 3.19. The number of carboxylic acid groups (broad SMARTS) is 1. The van der Waals surface area contributed by atoms with Gasteiger partial charge in [0.2, 0.25) is 17.7 Å². The molecule has 0 saturated carbocycles. The van der Waals surface area contributed by atoms with E-state index in [1.54, 1.807) is 20.0 Å². The van der Waals surface area contributed by atoms with Crippen molar-refractivity contribution in [3.8, 4) is 0 Å². The van der Waals surface area contributed by atoms with Gasteiger partial charge in [-0.05, 0) is 49.3 Å². The Bertz CT molecular complexity index is 1090. The molecule has 2 rings (SSSR count). The van der Waals surface area contributed by atoms with Crippen LogP contribution < -0.4 is 21.7 Å². The van der Waals surface area contributed by atoms with Crippen molar-refractivity contribution in [3.63, 3.8) is 0 Å². The Morgan fingerprint density at radius 2 is 1.65 bits per heavy atom. The van der Waals surface area contributed by atoms with Crippen LogP contribution in [0.2, 0.25) is 0 Å². The van der Waals surface area contributed by atoms with E-state index in [0.717, 1.165) is 16.5 Å². The molecule has 1 aromatic carbocycles. The second-order valence-corrected chi connectivity index (χ2v) is 10.3. The number of aliphatic carboxylic acids is 1. The number of carbonyl (C=O) groups excluding carboxylic acids is 3. The molecule has 0 spiro atoms. The molecule has 0 bridgehead atoms. The Balaban J connectivity index is 2.09. The highest BCUT2D eigenvalue weighted by Gasteiger charge is 2.32. The van der Waals surface area contributed by atoms with Crippen molar-refractivity contribution >= 4 is 46.4 Å². The zero-order chi connectivity index (χ0) is 27.7. The van der Waals surface area contributed by atoms with Gasteiger partial charge in [0.15, 0.2) is 6.04 Å². The number of benzene rings is 1. The summed E-state index contributed by atoms with van der Waals surface area (Å²) in [5.74, 6) is -3.04. The minimum atomic E-state index is -1.52. The second kappa shape index (κ2) is 14.0. The molecule has 0 radical (unpaired) electrons. The van der Waals surface area contributed by atoms with Crippen LogP contribution in [-0.4, -0.2) is 81.2 Å². The number of para-hydroxylation sites is 1. The van der Waals surface area contributed by atoms with Gasteiger partial charge >= 0.3 is 5.97 Å². The van der Waals surface area contributed by atoms with Gasteiger partial charge < -0.3 is 36.9 Å². The molecular weight excluding hydrogens is 498 g/mol. The van der Waals surface area contributed by atoms with Crippen molar-refractivity contribution in [1.29, 1.82) is 0 Å². The van der Waals surface area contributed by atoms with Gasteiger partial charge in [0.1, 0.15) is 12.1 Å². The molecule has 3 amide bonds. The van der Waals surface area contributed by atoms with Crippen LogP contribution in [0.4, 0.5) is 0 Å². The minimum absolute atomic E-state index is 0.226. The molecule has 204 valence electrons. The highest BCUT2D eigenvalue weighted by atomic mass is 32.2. The lowest BCUT2D eigenvalue weighted by Crippen LogP contribution is -2.59. The number of carboxylic acids is 1. The Hall–Kier alpha value is -3.09. The van der Waals surface area contributed by atoms with Gasteiger partial charge in [-0.2, -0.15) is 11.8 Å². The van der Waals surface area contributed by atoms with Crippen LogP contribution in [0.25, 0.3) is 10.9 Å². The van der Waals surface area contributed by atoms with E-state index in [2.05, 4.69) is 20.9 Å². The molecule has 1 aromatic heterocycles. The molecule has 0 saturated heterocycles. The predicted molar refractivity (Wildman–Crippen MR) is 143 cm³/mol. The van der Waals surface area contributed by atoms with E-state index in [9.17, 15) is 29.4 Å². The maximum Gasteiger partial charge on any atom is 0.328 e. The van der Waals surface area contributed by atoms with Crippen LogP contribution in [0.1, 0.15) is 32.8 Å². The Labute approximate surface area is 220 Å². The number of H-pyrrole nitrogens is 1. The van der Waals surface area contributed by atoms with E-state index in [1.165, 1.54) is 18.7 Å². The number of aliphatic hydroxyl groups excluding tert-OH is 1. The molecule has 5 atom stereocenters. The normalized spacial score (nSPS) is 15.4. The molecule has 2 aromatic rings. The second-order valence-electron chi connectivity index (χ2n) is 9.31. The number of hydrogen-bond donors (Lipinski definition) is 7. The molecule has 11 nitrogen and oxygen atoms in total. The average molecular weight is 536 g/mol. The summed E-state index contributed by atoms with van der Waals surface area (Å²) < 4.78 is 0. The van der Waals surface area contributed by atoms with Crippen LogP contribution in [-0.2, 0) is 25.6 Å². The van der Waals surface area contributed by atoms with E-state index in [1.807, 2.05) is 30.5 Å². The summed E-state index contributed by atoms with van der Waals surface area (Å²) in [6.07, 6.45) is 2.79. The van der Waals surface area contributed by atoms with E-state index in [4.69, 9.17) is 5.73 Å². The molecule has 37 heavy (non-hydrogen) atoms. The van der Waals surface area contributed by atoms with E-state index in [-0.39, 0.29) is 18.8 Å². The summed E-state index contributed by atoms with van der Waals surface area (Å²) in [5, 5.41) is 27.5. The third-order valence-corrected chi connectivity index (χ3v) is 6.63. The average Bonchev–Trinajstić information content (AvgIpc) is 3.25. The molecule has 0 aliphatic heterocycles. The number of fused-ring (bicyclic) bond motifs is 1. The summed E-state index contributed by atoms with van der Waals surface area (Å²) in [7, 11) is 0. The fourth-order valence-corrected chi connectivity index (χ4v) is 4.31. The monoisotopic (exact) mass is 535 g/mol. The molecule has 0 aliphatic rings. The maximum atomic E-state index is 13.1. The van der Waals surface area contributed by atoms with Gasteiger partial charge in [0, 0.05) is 17.1 Å². The quantitative estimate of drug-likeness (QED) is 0.181. The van der Waals surface area contributed by atoms with Gasteiger partial charge in [-0.15, -0.1) is 0 Å². The van der Waals surface area contributed by atoms with Crippen molar-refractivity contribution in [2.75, 3.05) is 12.0 Å². The first-order valence-corrected chi connectivity index (χ1v) is 13.5. The van der Waals surface area contributed by atoms with Gasteiger partial charge in [0.05, 0.1) is 12.1 Å². The van der Waals surface area contributed by atoms with Crippen LogP contribution in [0.15, 0.2) is 30.5 Å². The molecule has 8 N–H and O–H groups in total. The van der Waals surface area contributed by atoms with Crippen LogP contribution in [0, 0.1) is 5.92 Å². The summed E-state index contributed by atoms with van der Waals surface area (Å²) in [4.78, 5) is 53.4. The van der Waals surface area contributed by atoms with Gasteiger partial charge in [-0.1, -0.05) is 32.0 Å². The summed E-state index contributed by atoms with van der Waals surface area (Å²) in [5.41, 5.74) is 7.98. The minimum Gasteiger partial charge on any atom is -0.480 e. The van der Waals surface area contributed by atoms with E-state index in [0.29, 0.717) is 5.75 Å². The molecule has 12 heteroatoms. The Morgan fingerprint density at radius 1 is 1.00 bits per heavy atom. The number of rotatable bonds is 14. The number of aromatic amines is 1. The van der Waals surface area contributed by atoms with E-state index < -0.39 is 54.0 Å². The lowest BCUT2D eigenvalue weighted by molar-refractivity contribution is -0.145. The van der Waals surface area contributed by atoms with Gasteiger partial charge in [-0.3, -0.25) is 14.4 Å². The van der Waals surface area contributed by atoms with Gasteiger partial charge in [0.25, 0.3) is 0 Å². The Morgan fingerprint density at radius 3 is 2.24 bits per heavy atom. The topological polar surface area (TPSA) is 187 Å². The fourth-order valence-electron chi connectivity index (χ4n) is 3.83. The smallest absolute Gasteiger partial charge is 0.328 e. The molecular formula is C25H37N5O6S. The molecule has 0 fully saturated rings. The van der Waals surface area contributed by atoms with E-state index >= 15 is 0 Å². The van der Waals surface area contributed by atoms with Gasteiger partial charge in [-0.25, -0.2) is 4.79 Å². The van der Waals surface area contributed by atoms with Crippen molar-refractivity contribution in [3.05, 3.63) is 36.0 Å². The first-order valence-electron chi connectivity index (χ1n) is 12.1. The third-order valence-electron chi connectivity index (χ3n) is 5.99. The number of nitrogens with one attached hydrogen (secondary N) is 4. The van der Waals surface area contributed by atoms with Crippen LogP contribution in [0.3, 0.4) is 0 Å². The number of thioether (sulfide) groups is 1. The zero-order valence-electron chi connectivity index (χ0n) is 21.5. The number of amides is 3. The van der Waals surface area contributed by atoms with Crippen LogP contribution >= 0.6 is 11.8 Å². The van der Waals surface area contributed by atoms with Crippen molar-refractivity contribution < 1.29 is 29.4 Å². The third kappa shape index (κ3) is 8.48. The Kier molecular flexibility index (Phi) is 11.4. The maximum absolute atomic E-state index is 13.1. The van der Waals surface area contributed by atoms with Crippen molar-refractivity contribution in [1.82, 2.24) is 20.9 Å². The van der Waals surface area contributed by atoms with Crippen LogP contribution in [0.5, 0.6) is 0 Å². The number of aromatic nitrogens is 1. The predicted octanol–water partition coefficient (Wildman–Crippen LogP) is 0.367. The standard InChI is InChI=1S/C25H37N5O6S/c1-13(2)20(29-22(32)17(26)11-15-12-27-18-8-6-5-7-16(15)18)24(34)28-19(9-10-37-4)23(33)30-21(14(3)31)25(35)36/h5-8,12-14,17,19-21,27,31H,9-11,26H2,1-4H3,(H,28,34)(H,29,32)(H,30,33)(H,35,36). The lowest BCUT2D eigenvalue weighted by atomic mass is 10.0. The van der Waals surface area contributed by atoms with Crippen molar-refractivity contribution in [2.45, 2.75) is 63.9 Å². The SMILES string of the molecule is CSCCC(NC(=O)C(NC(=O)C(N)Cc1c[nH]c2ccccc12)C(C)C)C(=O)NC(C(=O)O)C(C)O. The number of carbonyl (C=O) groups is 4. The largest absolute Gasteiger partial charge is 0.480 e. The number of nitrogens with two attached hydrogens (primary N) is 1. The van der Waals surface area contributed by atoms with Crippen molar-refractivity contribution in [2.24, 2.45) is 11.7 Å². The molecule has 0 aliphatic carbocycles. The molecule has 1 heterocycles. The number of aliphatic hydroxyl groups is 1. The first kappa shape index (κ1) is 30.1. The summed E-state index contributed by atoms with van der Waals surface area (Å²) >= 11 is 1.45. The highest BCUT2D eigenvalue weighted by molar-refractivity contribution is 7.98. The summed E-state index contributed by atoms with van der Waals surface area (Å²) in [6.45, 7) is 4.75. The molecule has 5 unspecified atom stereocenters. The first-order chi connectivity index (χ1) is 17.5.